The van der Waals surface area contributed by atoms with Crippen LogP contribution in [0.15, 0.2) is 180 Å². The minimum Gasteiger partial charge on any atom is -0.455 e. The Morgan fingerprint density at radius 2 is 1.06 bits per heavy atom. The number of fused-ring (bicyclic) bond motifs is 8. The highest BCUT2D eigenvalue weighted by atomic mass is 16.3. The van der Waals surface area contributed by atoms with E-state index in [-0.39, 0.29) is 5.41 Å². The maximum atomic E-state index is 6.67. The van der Waals surface area contributed by atoms with Crippen molar-refractivity contribution in [3.05, 3.63) is 187 Å². The van der Waals surface area contributed by atoms with Gasteiger partial charge in [-0.25, -0.2) is 0 Å². The molecule has 0 saturated heterocycles. The van der Waals surface area contributed by atoms with Crippen LogP contribution in [0.5, 0.6) is 0 Å². The minimum atomic E-state index is -0.126. The third-order valence-corrected chi connectivity index (χ3v) is 10.9. The van der Waals surface area contributed by atoms with E-state index in [4.69, 9.17) is 4.42 Å². The van der Waals surface area contributed by atoms with Gasteiger partial charge in [0.1, 0.15) is 11.2 Å². The number of anilines is 3. The molecule has 0 radical (unpaired) electrons. The molecule has 0 atom stereocenters. The molecule has 0 amide bonds. The first kappa shape index (κ1) is 29.5. The minimum absolute atomic E-state index is 0.126. The summed E-state index contributed by atoms with van der Waals surface area (Å²) < 4.78 is 6.67. The number of para-hydroxylation sites is 1. The van der Waals surface area contributed by atoms with Gasteiger partial charge >= 0.3 is 0 Å². The first-order valence-electron chi connectivity index (χ1n) is 17.7. The summed E-state index contributed by atoms with van der Waals surface area (Å²) in [5.74, 6) is 0. The molecular weight excluding hydrogens is 619 g/mol. The van der Waals surface area contributed by atoms with Gasteiger partial charge in [0.15, 0.2) is 0 Å². The van der Waals surface area contributed by atoms with Crippen molar-refractivity contribution in [3.8, 4) is 33.4 Å². The van der Waals surface area contributed by atoms with E-state index in [2.05, 4.69) is 189 Å². The molecular formula is C49H35NO. The van der Waals surface area contributed by atoms with Crippen molar-refractivity contribution in [2.45, 2.75) is 19.3 Å². The average Bonchev–Trinajstić information content (AvgIpc) is 3.68. The number of benzene rings is 8. The van der Waals surface area contributed by atoms with Crippen LogP contribution in [-0.2, 0) is 5.41 Å². The predicted octanol–water partition coefficient (Wildman–Crippen LogP) is 13.8. The highest BCUT2D eigenvalue weighted by Crippen LogP contribution is 2.52. The maximum absolute atomic E-state index is 6.67. The second-order valence-corrected chi connectivity index (χ2v) is 14.1. The molecule has 0 N–H and O–H groups in total. The average molecular weight is 654 g/mol. The summed E-state index contributed by atoms with van der Waals surface area (Å²) >= 11 is 0. The van der Waals surface area contributed by atoms with Crippen molar-refractivity contribution in [2.24, 2.45) is 0 Å². The molecule has 0 bridgehead atoms. The highest BCUT2D eigenvalue weighted by molar-refractivity contribution is 6.22. The molecule has 0 unspecified atom stereocenters. The fourth-order valence-corrected chi connectivity index (χ4v) is 8.36. The molecule has 10 rings (SSSR count). The summed E-state index contributed by atoms with van der Waals surface area (Å²) in [5, 5.41) is 4.51. The van der Waals surface area contributed by atoms with Gasteiger partial charge in [0.2, 0.25) is 0 Å². The molecule has 9 aromatic rings. The Kier molecular flexibility index (Phi) is 6.56. The Morgan fingerprint density at radius 3 is 1.86 bits per heavy atom. The molecule has 1 heterocycles. The molecule has 0 spiro atoms. The smallest absolute Gasteiger partial charge is 0.143 e. The molecule has 2 heteroatoms. The lowest BCUT2D eigenvalue weighted by molar-refractivity contribution is 0.660. The van der Waals surface area contributed by atoms with E-state index in [1.54, 1.807) is 0 Å². The van der Waals surface area contributed by atoms with Crippen molar-refractivity contribution in [1.82, 2.24) is 0 Å². The Hall–Kier alpha value is -6.38. The standard InChI is InChI=1S/C49H35NO/c1-49(2)43-21-11-9-18-37(43)38-29-28-36(30-44(38)49)50(35-26-24-33(25-27-35)32-14-5-3-6-15-32)45-22-13-20-40-47(45)41(34-16-7-4-8-17-34)31-42-39-19-10-12-23-46(39)51-48(40)42/h3-31H,1-2H3. The first-order chi connectivity index (χ1) is 25.1. The van der Waals surface area contributed by atoms with Crippen molar-refractivity contribution in [1.29, 1.82) is 0 Å². The predicted molar refractivity (Wildman–Crippen MR) is 214 cm³/mol. The second-order valence-electron chi connectivity index (χ2n) is 14.1. The van der Waals surface area contributed by atoms with Gasteiger partial charge in [0, 0.05) is 38.3 Å². The molecule has 0 saturated carbocycles. The van der Waals surface area contributed by atoms with Crippen molar-refractivity contribution in [2.75, 3.05) is 4.90 Å². The van der Waals surface area contributed by atoms with Crippen molar-refractivity contribution < 1.29 is 4.42 Å². The van der Waals surface area contributed by atoms with Crippen LogP contribution in [0.3, 0.4) is 0 Å². The first-order valence-corrected chi connectivity index (χ1v) is 17.7. The number of nitrogens with zero attached hydrogens (tertiary/aromatic N) is 1. The molecule has 0 fully saturated rings. The Balaban J connectivity index is 1.27. The summed E-state index contributed by atoms with van der Waals surface area (Å²) in [6.45, 7) is 4.70. The third-order valence-electron chi connectivity index (χ3n) is 10.9. The maximum Gasteiger partial charge on any atom is 0.143 e. The molecule has 51 heavy (non-hydrogen) atoms. The van der Waals surface area contributed by atoms with E-state index >= 15 is 0 Å². The summed E-state index contributed by atoms with van der Waals surface area (Å²) in [4.78, 5) is 2.44. The summed E-state index contributed by atoms with van der Waals surface area (Å²) in [6.07, 6.45) is 0. The third kappa shape index (κ3) is 4.57. The zero-order valence-electron chi connectivity index (χ0n) is 28.6. The molecule has 1 aliphatic carbocycles. The van der Waals surface area contributed by atoms with Crippen LogP contribution in [0.2, 0.25) is 0 Å². The Bertz CT molecular complexity index is 2760. The van der Waals surface area contributed by atoms with Crippen LogP contribution >= 0.6 is 0 Å². The zero-order valence-corrected chi connectivity index (χ0v) is 28.6. The van der Waals surface area contributed by atoms with E-state index in [9.17, 15) is 0 Å². The lowest BCUT2D eigenvalue weighted by Crippen LogP contribution is -2.16. The van der Waals surface area contributed by atoms with Crippen LogP contribution in [0.4, 0.5) is 17.1 Å². The summed E-state index contributed by atoms with van der Waals surface area (Å²) in [7, 11) is 0. The van der Waals surface area contributed by atoms with Crippen LogP contribution < -0.4 is 4.90 Å². The van der Waals surface area contributed by atoms with Crippen molar-refractivity contribution >= 4 is 49.8 Å². The number of furan rings is 1. The SMILES string of the molecule is CC1(C)c2ccccc2-c2ccc(N(c3ccc(-c4ccccc4)cc3)c3cccc4c3c(-c3ccccc3)cc3c5ccccc5oc43)cc21. The van der Waals surface area contributed by atoms with Gasteiger partial charge in [-0.3, -0.25) is 0 Å². The summed E-state index contributed by atoms with van der Waals surface area (Å²) in [5.41, 5.74) is 15.1. The van der Waals surface area contributed by atoms with Crippen LogP contribution in [0, 0.1) is 0 Å². The molecule has 8 aromatic carbocycles. The number of hydrogen-bond acceptors (Lipinski definition) is 2. The van der Waals surface area contributed by atoms with E-state index in [1.165, 1.54) is 44.5 Å². The van der Waals surface area contributed by atoms with Gasteiger partial charge in [0.25, 0.3) is 0 Å². The van der Waals surface area contributed by atoms with Gasteiger partial charge < -0.3 is 9.32 Å². The van der Waals surface area contributed by atoms with Gasteiger partial charge in [-0.2, -0.15) is 0 Å². The van der Waals surface area contributed by atoms with Gasteiger partial charge in [-0.15, -0.1) is 0 Å². The van der Waals surface area contributed by atoms with E-state index < -0.39 is 0 Å². The van der Waals surface area contributed by atoms with Gasteiger partial charge in [-0.1, -0.05) is 147 Å². The quantitative estimate of drug-likeness (QED) is 0.184. The topological polar surface area (TPSA) is 16.4 Å². The fourth-order valence-electron chi connectivity index (χ4n) is 8.36. The fraction of sp³-hybridized carbons (Fsp3) is 0.0612. The summed E-state index contributed by atoms with van der Waals surface area (Å²) in [6, 6.07) is 63.6. The van der Waals surface area contributed by atoms with Crippen molar-refractivity contribution in [3.63, 3.8) is 0 Å². The lowest BCUT2D eigenvalue weighted by atomic mass is 9.82. The Morgan fingerprint density at radius 1 is 0.431 bits per heavy atom. The zero-order chi connectivity index (χ0) is 34.1. The van der Waals surface area contributed by atoms with Crippen LogP contribution in [-0.4, -0.2) is 0 Å². The normalized spacial score (nSPS) is 13.1. The molecule has 1 aromatic heterocycles. The van der Waals surface area contributed by atoms with E-state index in [0.717, 1.165) is 49.8 Å². The van der Waals surface area contributed by atoms with E-state index in [1.807, 2.05) is 6.07 Å². The Labute approximate surface area is 297 Å². The second kappa shape index (κ2) is 11.3. The number of hydrogen-bond donors (Lipinski definition) is 0. The lowest BCUT2D eigenvalue weighted by Gasteiger charge is -2.30. The van der Waals surface area contributed by atoms with Gasteiger partial charge in [-0.05, 0) is 87.0 Å². The van der Waals surface area contributed by atoms with Crippen LogP contribution in [0.25, 0.3) is 66.1 Å². The number of rotatable bonds is 5. The largest absolute Gasteiger partial charge is 0.455 e. The molecule has 242 valence electrons. The van der Waals surface area contributed by atoms with Crippen LogP contribution in [0.1, 0.15) is 25.0 Å². The highest BCUT2D eigenvalue weighted by Gasteiger charge is 2.36. The molecule has 0 aliphatic heterocycles. The molecule has 1 aliphatic rings. The monoisotopic (exact) mass is 653 g/mol. The van der Waals surface area contributed by atoms with E-state index in [0.29, 0.717) is 0 Å². The molecule has 2 nitrogen and oxygen atoms in total. The van der Waals surface area contributed by atoms with Gasteiger partial charge in [0.05, 0.1) is 5.69 Å².